The van der Waals surface area contributed by atoms with E-state index in [1.807, 2.05) is 36.4 Å². The Balaban J connectivity index is 1.58. The molecule has 0 N–H and O–H groups in total. The van der Waals surface area contributed by atoms with Crippen molar-refractivity contribution < 1.29 is 17.9 Å². The number of hydrogen-bond donors (Lipinski definition) is 0. The highest BCUT2D eigenvalue weighted by Crippen LogP contribution is 2.47. The van der Waals surface area contributed by atoms with E-state index in [1.54, 1.807) is 36.4 Å². The zero-order valence-corrected chi connectivity index (χ0v) is 14.9. The Kier molecular flexibility index (Phi) is 3.45. The molecular formula is C22H14O4S. The third kappa shape index (κ3) is 2.64. The summed E-state index contributed by atoms with van der Waals surface area (Å²) >= 11 is 0. The Hall–Kier alpha value is -3.31. The molecule has 0 amide bonds. The smallest absolute Gasteiger partial charge is 0.206 e. The summed E-state index contributed by atoms with van der Waals surface area (Å²) in [5.74, 6) is 2.05. The molecule has 1 aliphatic rings. The van der Waals surface area contributed by atoms with Crippen LogP contribution in [0.2, 0.25) is 0 Å². The van der Waals surface area contributed by atoms with Crippen LogP contribution in [0, 0.1) is 0 Å². The van der Waals surface area contributed by atoms with E-state index in [4.69, 9.17) is 9.47 Å². The summed E-state index contributed by atoms with van der Waals surface area (Å²) in [6, 6.07) is 24.7. The van der Waals surface area contributed by atoms with Crippen LogP contribution in [0.5, 0.6) is 23.0 Å². The third-order valence-corrected chi connectivity index (χ3v) is 6.30. The van der Waals surface area contributed by atoms with Crippen molar-refractivity contribution in [1.82, 2.24) is 0 Å². The van der Waals surface area contributed by atoms with Crippen molar-refractivity contribution in [3.63, 3.8) is 0 Å². The molecular weight excluding hydrogens is 360 g/mol. The van der Waals surface area contributed by atoms with Gasteiger partial charge in [-0.25, -0.2) is 8.42 Å². The van der Waals surface area contributed by atoms with Crippen molar-refractivity contribution in [2.24, 2.45) is 0 Å². The first-order valence-electron chi connectivity index (χ1n) is 8.44. The zero-order chi connectivity index (χ0) is 18.4. The molecule has 0 bridgehead atoms. The van der Waals surface area contributed by atoms with Crippen LogP contribution in [-0.4, -0.2) is 8.42 Å². The van der Waals surface area contributed by atoms with Gasteiger partial charge in [-0.3, -0.25) is 0 Å². The van der Waals surface area contributed by atoms with Crippen molar-refractivity contribution in [1.29, 1.82) is 0 Å². The van der Waals surface area contributed by atoms with E-state index >= 15 is 0 Å². The maximum absolute atomic E-state index is 12.8. The molecule has 1 aliphatic heterocycles. The Bertz CT molecular complexity index is 1280. The minimum atomic E-state index is -3.62. The Morgan fingerprint density at radius 1 is 0.519 bits per heavy atom. The summed E-state index contributed by atoms with van der Waals surface area (Å²) in [7, 11) is -3.62. The molecule has 27 heavy (non-hydrogen) atoms. The first-order chi connectivity index (χ1) is 13.1. The fourth-order valence-electron chi connectivity index (χ4n) is 3.15. The second-order valence-electron chi connectivity index (χ2n) is 6.28. The molecule has 0 unspecified atom stereocenters. The van der Waals surface area contributed by atoms with Crippen LogP contribution in [0.1, 0.15) is 0 Å². The summed E-state index contributed by atoms with van der Waals surface area (Å²) in [6.45, 7) is 0. The highest BCUT2D eigenvalue weighted by molar-refractivity contribution is 7.91. The first-order valence-corrected chi connectivity index (χ1v) is 9.92. The minimum Gasteiger partial charge on any atom is -0.449 e. The lowest BCUT2D eigenvalue weighted by atomic mass is 10.1. The molecule has 4 nitrogen and oxygen atoms in total. The highest BCUT2D eigenvalue weighted by Gasteiger charge is 2.24. The topological polar surface area (TPSA) is 52.6 Å². The van der Waals surface area contributed by atoms with E-state index in [9.17, 15) is 8.42 Å². The number of hydrogen-bond acceptors (Lipinski definition) is 4. The Morgan fingerprint density at radius 3 is 1.74 bits per heavy atom. The third-order valence-electron chi connectivity index (χ3n) is 4.53. The summed E-state index contributed by atoms with van der Waals surface area (Å²) < 4.78 is 37.6. The van der Waals surface area contributed by atoms with Gasteiger partial charge in [-0.1, -0.05) is 42.5 Å². The lowest BCUT2D eigenvalue weighted by Gasteiger charge is -2.21. The molecule has 5 rings (SSSR count). The fourth-order valence-corrected chi connectivity index (χ4v) is 4.45. The highest BCUT2D eigenvalue weighted by atomic mass is 32.2. The molecule has 0 atom stereocenters. The maximum atomic E-state index is 12.8. The fraction of sp³-hybridized carbons (Fsp3) is 0. The monoisotopic (exact) mass is 374 g/mol. The Labute approximate surface area is 156 Å². The van der Waals surface area contributed by atoms with E-state index in [-0.39, 0.29) is 9.79 Å². The van der Waals surface area contributed by atoms with Gasteiger partial charge < -0.3 is 9.47 Å². The van der Waals surface area contributed by atoms with Crippen LogP contribution in [0.3, 0.4) is 0 Å². The Morgan fingerprint density at radius 2 is 1.07 bits per heavy atom. The van der Waals surface area contributed by atoms with Crippen LogP contribution in [0.15, 0.2) is 94.7 Å². The van der Waals surface area contributed by atoms with Crippen molar-refractivity contribution in [2.45, 2.75) is 9.79 Å². The maximum Gasteiger partial charge on any atom is 0.206 e. The van der Waals surface area contributed by atoms with E-state index in [2.05, 4.69) is 0 Å². The van der Waals surface area contributed by atoms with Crippen molar-refractivity contribution in [3.05, 3.63) is 84.9 Å². The summed E-state index contributed by atoms with van der Waals surface area (Å²) in [6.07, 6.45) is 0. The average Bonchev–Trinajstić information content (AvgIpc) is 2.71. The molecule has 132 valence electrons. The van der Waals surface area contributed by atoms with Gasteiger partial charge in [-0.2, -0.15) is 0 Å². The van der Waals surface area contributed by atoms with Crippen LogP contribution < -0.4 is 9.47 Å². The molecule has 0 spiro atoms. The van der Waals surface area contributed by atoms with Gasteiger partial charge in [0.15, 0.2) is 23.0 Å². The predicted molar refractivity (Wildman–Crippen MR) is 102 cm³/mol. The molecule has 1 heterocycles. The number of sulfone groups is 1. The lowest BCUT2D eigenvalue weighted by molar-refractivity contribution is 0.359. The van der Waals surface area contributed by atoms with E-state index in [1.165, 1.54) is 12.1 Å². The molecule has 4 aromatic carbocycles. The van der Waals surface area contributed by atoms with E-state index in [0.29, 0.717) is 23.0 Å². The summed E-state index contributed by atoms with van der Waals surface area (Å²) in [4.78, 5) is 0.411. The zero-order valence-electron chi connectivity index (χ0n) is 14.1. The van der Waals surface area contributed by atoms with Gasteiger partial charge in [-0.05, 0) is 47.2 Å². The quantitative estimate of drug-likeness (QED) is 0.405. The average molecular weight is 374 g/mol. The largest absolute Gasteiger partial charge is 0.449 e. The standard InChI is InChI=1S/C22H14O4S/c23-27(24,17-8-2-1-3-9-17)18-10-11-19-22(14-18)26-21-13-16-7-5-4-6-15(16)12-20(21)25-19/h1-14H. The molecule has 0 saturated carbocycles. The molecule has 0 radical (unpaired) electrons. The molecule has 0 aromatic heterocycles. The second-order valence-corrected chi connectivity index (χ2v) is 8.22. The van der Waals surface area contributed by atoms with Crippen LogP contribution in [-0.2, 0) is 9.84 Å². The van der Waals surface area contributed by atoms with E-state index < -0.39 is 9.84 Å². The second kappa shape index (κ2) is 5.86. The first kappa shape index (κ1) is 15.9. The SMILES string of the molecule is O=S(=O)(c1ccccc1)c1ccc2c(c1)Oc1cc3ccccc3cc1O2. The van der Waals surface area contributed by atoms with Gasteiger partial charge in [0, 0.05) is 6.07 Å². The number of fused-ring (bicyclic) bond motifs is 3. The lowest BCUT2D eigenvalue weighted by Crippen LogP contribution is -2.04. The number of ether oxygens (including phenoxy) is 2. The van der Waals surface area contributed by atoms with Gasteiger partial charge in [0.05, 0.1) is 9.79 Å². The van der Waals surface area contributed by atoms with Crippen LogP contribution in [0.4, 0.5) is 0 Å². The number of benzene rings is 4. The minimum absolute atomic E-state index is 0.167. The van der Waals surface area contributed by atoms with Crippen molar-refractivity contribution in [3.8, 4) is 23.0 Å². The molecule has 5 heteroatoms. The molecule has 0 saturated heterocycles. The molecule has 0 aliphatic carbocycles. The van der Waals surface area contributed by atoms with E-state index in [0.717, 1.165) is 10.8 Å². The predicted octanol–water partition coefficient (Wildman–Crippen LogP) is 5.57. The van der Waals surface area contributed by atoms with Crippen molar-refractivity contribution >= 4 is 20.6 Å². The van der Waals surface area contributed by atoms with Gasteiger partial charge in [0.2, 0.25) is 9.84 Å². The van der Waals surface area contributed by atoms with Gasteiger partial charge >= 0.3 is 0 Å². The van der Waals surface area contributed by atoms with Gasteiger partial charge in [0.1, 0.15) is 0 Å². The normalized spacial score (nSPS) is 12.6. The van der Waals surface area contributed by atoms with Crippen LogP contribution in [0.25, 0.3) is 10.8 Å². The van der Waals surface area contributed by atoms with Gasteiger partial charge in [0.25, 0.3) is 0 Å². The number of rotatable bonds is 2. The molecule has 0 fully saturated rings. The summed E-state index contributed by atoms with van der Waals surface area (Å²) in [5, 5.41) is 2.07. The van der Waals surface area contributed by atoms with Gasteiger partial charge in [-0.15, -0.1) is 0 Å². The van der Waals surface area contributed by atoms with Crippen molar-refractivity contribution in [2.75, 3.05) is 0 Å². The molecule has 4 aromatic rings. The van der Waals surface area contributed by atoms with Crippen LogP contribution >= 0.6 is 0 Å². The summed E-state index contributed by atoms with van der Waals surface area (Å²) in [5.41, 5.74) is 0.